The minimum Gasteiger partial charge on any atom is -0.246 e. The molecule has 2 fully saturated rings. The van der Waals surface area contributed by atoms with E-state index in [4.69, 9.17) is 0 Å². The molecular weight excluding hydrogens is 136 g/mol. The van der Waals surface area contributed by atoms with Gasteiger partial charge in [-0.05, 0) is 19.3 Å². The Morgan fingerprint density at radius 3 is 1.80 bits per heavy atom. The summed E-state index contributed by atoms with van der Waals surface area (Å²) in [4.78, 5) is 29.9. The van der Waals surface area contributed by atoms with E-state index in [0.29, 0.717) is 12.8 Å². The highest BCUT2D eigenvalue weighted by Gasteiger charge is 2.59. The van der Waals surface area contributed by atoms with Crippen molar-refractivity contribution in [2.75, 3.05) is 0 Å². The third-order valence-corrected chi connectivity index (χ3v) is 2.18. The van der Waals surface area contributed by atoms with Crippen LogP contribution in [-0.2, 0) is 19.4 Å². The predicted molar refractivity (Wildman–Crippen MR) is 28.5 cm³/mol. The lowest BCUT2D eigenvalue weighted by molar-refractivity contribution is -0.235. The first-order valence-corrected chi connectivity index (χ1v) is 3.19. The van der Waals surface area contributed by atoms with Crippen molar-refractivity contribution in [1.82, 2.24) is 0 Å². The maximum Gasteiger partial charge on any atom is 0.372 e. The molecule has 4 heteroatoms. The van der Waals surface area contributed by atoms with Crippen LogP contribution in [0.1, 0.15) is 19.3 Å². The summed E-state index contributed by atoms with van der Waals surface area (Å²) in [6.45, 7) is 0. The first kappa shape index (κ1) is 5.70. The zero-order valence-corrected chi connectivity index (χ0v) is 5.25. The molecule has 0 radical (unpaired) electrons. The molecule has 2 aliphatic rings. The normalized spacial score (nSPS) is 27.6. The van der Waals surface area contributed by atoms with Crippen molar-refractivity contribution in [3.8, 4) is 0 Å². The maximum atomic E-state index is 10.8. The van der Waals surface area contributed by atoms with E-state index in [-0.39, 0.29) is 0 Å². The Morgan fingerprint density at radius 2 is 1.60 bits per heavy atom. The second-order valence-electron chi connectivity index (χ2n) is 2.68. The molecule has 1 saturated heterocycles. The van der Waals surface area contributed by atoms with Gasteiger partial charge in [0.15, 0.2) is 5.41 Å². The number of rotatable bonds is 0. The van der Waals surface area contributed by atoms with E-state index in [2.05, 4.69) is 9.78 Å². The summed E-state index contributed by atoms with van der Waals surface area (Å²) in [5.74, 6) is -1.02. The molecule has 1 aliphatic heterocycles. The van der Waals surface area contributed by atoms with Gasteiger partial charge in [0.2, 0.25) is 0 Å². The molecule has 1 saturated carbocycles. The van der Waals surface area contributed by atoms with Crippen LogP contribution < -0.4 is 0 Å². The lowest BCUT2D eigenvalue weighted by Crippen LogP contribution is -2.39. The van der Waals surface area contributed by atoms with Gasteiger partial charge in [-0.2, -0.15) is 0 Å². The minimum absolute atomic E-state index is 0.510. The summed E-state index contributed by atoms with van der Waals surface area (Å²) in [6.07, 6.45) is 2.08. The Bertz CT molecular complexity index is 186. The van der Waals surface area contributed by atoms with Crippen LogP contribution in [0.15, 0.2) is 0 Å². The van der Waals surface area contributed by atoms with E-state index in [1.165, 1.54) is 0 Å². The molecular formula is C6H6O4. The Balaban J connectivity index is 2.31. The second kappa shape index (κ2) is 1.51. The number of hydrogen-bond acceptors (Lipinski definition) is 4. The van der Waals surface area contributed by atoms with Gasteiger partial charge in [-0.15, -0.1) is 0 Å². The van der Waals surface area contributed by atoms with Crippen molar-refractivity contribution < 1.29 is 19.4 Å². The van der Waals surface area contributed by atoms with E-state index in [1.54, 1.807) is 0 Å². The van der Waals surface area contributed by atoms with E-state index in [9.17, 15) is 9.59 Å². The van der Waals surface area contributed by atoms with Gasteiger partial charge in [0.1, 0.15) is 0 Å². The summed E-state index contributed by atoms with van der Waals surface area (Å²) < 4.78 is 0. The molecule has 0 N–H and O–H groups in total. The Kier molecular flexibility index (Phi) is 0.859. The first-order chi connectivity index (χ1) is 4.76. The van der Waals surface area contributed by atoms with Gasteiger partial charge < -0.3 is 0 Å². The standard InChI is InChI=1S/C6H6O4/c7-4-6(2-1-3-6)5(8)10-9-4/h1-3H2. The summed E-state index contributed by atoms with van der Waals surface area (Å²) in [5.41, 5.74) is -0.889. The zero-order valence-electron chi connectivity index (χ0n) is 5.25. The Labute approximate surface area is 57.0 Å². The lowest BCUT2D eigenvalue weighted by Gasteiger charge is -2.27. The largest absolute Gasteiger partial charge is 0.372 e. The molecule has 0 unspecified atom stereocenters. The molecule has 0 aromatic rings. The SMILES string of the molecule is O=C1OOC(=O)C12CCC2. The molecule has 1 heterocycles. The first-order valence-electron chi connectivity index (χ1n) is 3.19. The summed E-state index contributed by atoms with van der Waals surface area (Å²) in [7, 11) is 0. The average molecular weight is 142 g/mol. The summed E-state index contributed by atoms with van der Waals surface area (Å²) >= 11 is 0. The molecule has 0 aromatic heterocycles. The summed E-state index contributed by atoms with van der Waals surface area (Å²) in [6, 6.07) is 0. The summed E-state index contributed by atoms with van der Waals surface area (Å²) in [5, 5.41) is 0. The van der Waals surface area contributed by atoms with Crippen molar-refractivity contribution in [3.63, 3.8) is 0 Å². The van der Waals surface area contributed by atoms with Crippen molar-refractivity contribution in [2.24, 2.45) is 5.41 Å². The van der Waals surface area contributed by atoms with Crippen molar-refractivity contribution >= 4 is 11.9 Å². The number of carbonyl (C=O) groups excluding carboxylic acids is 2. The van der Waals surface area contributed by atoms with E-state index in [0.717, 1.165) is 6.42 Å². The Morgan fingerprint density at radius 1 is 1.10 bits per heavy atom. The zero-order chi connectivity index (χ0) is 7.19. The van der Waals surface area contributed by atoms with Crippen LogP contribution in [0.4, 0.5) is 0 Å². The van der Waals surface area contributed by atoms with Gasteiger partial charge in [0, 0.05) is 0 Å². The van der Waals surface area contributed by atoms with Gasteiger partial charge >= 0.3 is 11.9 Å². The quantitative estimate of drug-likeness (QED) is 0.357. The van der Waals surface area contributed by atoms with Crippen LogP contribution in [-0.4, -0.2) is 11.9 Å². The molecule has 1 spiro atoms. The minimum atomic E-state index is -0.889. The van der Waals surface area contributed by atoms with Gasteiger partial charge in [-0.3, -0.25) is 0 Å². The Hall–Kier alpha value is -1.06. The fraction of sp³-hybridized carbons (Fsp3) is 0.667. The molecule has 4 nitrogen and oxygen atoms in total. The molecule has 54 valence electrons. The second-order valence-corrected chi connectivity index (χ2v) is 2.68. The molecule has 0 aromatic carbocycles. The molecule has 2 rings (SSSR count). The van der Waals surface area contributed by atoms with Crippen LogP contribution in [0.2, 0.25) is 0 Å². The highest BCUT2D eigenvalue weighted by Crippen LogP contribution is 2.46. The highest BCUT2D eigenvalue weighted by atomic mass is 17.2. The average Bonchev–Trinajstić information content (AvgIpc) is 2.06. The molecule has 0 amide bonds. The van der Waals surface area contributed by atoms with Gasteiger partial charge in [0.05, 0.1) is 0 Å². The molecule has 10 heavy (non-hydrogen) atoms. The van der Waals surface area contributed by atoms with Gasteiger partial charge in [-0.25, -0.2) is 19.4 Å². The van der Waals surface area contributed by atoms with Crippen LogP contribution >= 0.6 is 0 Å². The topological polar surface area (TPSA) is 52.6 Å². The molecule has 0 atom stereocenters. The fourth-order valence-corrected chi connectivity index (χ4v) is 1.26. The van der Waals surface area contributed by atoms with Crippen LogP contribution in [0.3, 0.4) is 0 Å². The predicted octanol–water partition coefficient (Wildman–Crippen LogP) is 0.172. The van der Waals surface area contributed by atoms with E-state index < -0.39 is 17.4 Å². The highest BCUT2D eigenvalue weighted by molar-refractivity contribution is 6.03. The maximum absolute atomic E-state index is 10.8. The third kappa shape index (κ3) is 0.427. The van der Waals surface area contributed by atoms with Crippen LogP contribution in [0, 0.1) is 5.41 Å². The molecule has 0 bridgehead atoms. The van der Waals surface area contributed by atoms with Crippen LogP contribution in [0.5, 0.6) is 0 Å². The van der Waals surface area contributed by atoms with Gasteiger partial charge in [-0.1, -0.05) is 0 Å². The van der Waals surface area contributed by atoms with Gasteiger partial charge in [0.25, 0.3) is 0 Å². The van der Waals surface area contributed by atoms with E-state index >= 15 is 0 Å². The number of hydrogen-bond donors (Lipinski definition) is 0. The van der Waals surface area contributed by atoms with Crippen molar-refractivity contribution in [3.05, 3.63) is 0 Å². The number of carbonyl (C=O) groups is 2. The van der Waals surface area contributed by atoms with E-state index in [1.807, 2.05) is 0 Å². The smallest absolute Gasteiger partial charge is 0.246 e. The third-order valence-electron chi connectivity index (χ3n) is 2.18. The fourth-order valence-electron chi connectivity index (χ4n) is 1.26. The van der Waals surface area contributed by atoms with Crippen LogP contribution in [0.25, 0.3) is 0 Å². The van der Waals surface area contributed by atoms with Crippen molar-refractivity contribution in [1.29, 1.82) is 0 Å². The van der Waals surface area contributed by atoms with Crippen molar-refractivity contribution in [2.45, 2.75) is 19.3 Å². The molecule has 1 aliphatic carbocycles. The monoisotopic (exact) mass is 142 g/mol. The lowest BCUT2D eigenvalue weighted by atomic mass is 9.69.